The molecule has 1 aliphatic heterocycles. The van der Waals surface area contributed by atoms with Gasteiger partial charge in [0.2, 0.25) is 5.82 Å². The molecule has 1 fully saturated rings. The van der Waals surface area contributed by atoms with Gasteiger partial charge in [0.15, 0.2) is 0 Å². The SMILES string of the molecule is Cc1ccnc2nc(C(=O)NC3CCN(CCc4ccncc4)CC3)nn12. The summed E-state index contributed by atoms with van der Waals surface area (Å²) >= 11 is 0. The highest BCUT2D eigenvalue weighted by molar-refractivity contribution is 5.91. The standard InChI is InChI=1S/C19H23N7O/c1-14-2-10-21-19-23-17(24-26(14)19)18(27)22-16-6-12-25(13-7-16)11-5-15-3-8-20-9-4-15/h2-4,8-10,16H,5-7,11-13H2,1H3,(H,22,27). The first kappa shape index (κ1) is 17.5. The van der Waals surface area contributed by atoms with Crippen LogP contribution in [-0.4, -0.2) is 61.0 Å². The Bertz CT molecular complexity index is 916. The fraction of sp³-hybridized carbons (Fsp3) is 0.421. The maximum atomic E-state index is 12.5. The van der Waals surface area contributed by atoms with E-state index < -0.39 is 0 Å². The fourth-order valence-corrected chi connectivity index (χ4v) is 3.39. The molecule has 3 aromatic rings. The van der Waals surface area contributed by atoms with Crippen molar-refractivity contribution < 1.29 is 4.79 Å². The number of pyridine rings is 1. The normalized spacial score (nSPS) is 15.9. The minimum absolute atomic E-state index is 0.162. The number of amides is 1. The van der Waals surface area contributed by atoms with E-state index in [9.17, 15) is 4.79 Å². The van der Waals surface area contributed by atoms with Gasteiger partial charge in [-0.1, -0.05) is 0 Å². The van der Waals surface area contributed by atoms with E-state index in [2.05, 4.69) is 42.4 Å². The van der Waals surface area contributed by atoms with Crippen LogP contribution in [0.2, 0.25) is 0 Å². The summed E-state index contributed by atoms with van der Waals surface area (Å²) in [5.74, 6) is 0.401. The summed E-state index contributed by atoms with van der Waals surface area (Å²) < 4.78 is 1.59. The Kier molecular flexibility index (Phi) is 5.06. The highest BCUT2D eigenvalue weighted by atomic mass is 16.2. The Hall–Kier alpha value is -2.87. The first-order chi connectivity index (χ1) is 13.2. The largest absolute Gasteiger partial charge is 0.346 e. The van der Waals surface area contributed by atoms with Crippen molar-refractivity contribution in [2.24, 2.45) is 0 Å². The van der Waals surface area contributed by atoms with Crippen molar-refractivity contribution in [3.05, 3.63) is 53.9 Å². The van der Waals surface area contributed by atoms with Crippen molar-refractivity contribution in [1.82, 2.24) is 34.8 Å². The van der Waals surface area contributed by atoms with Crippen LogP contribution in [-0.2, 0) is 6.42 Å². The van der Waals surface area contributed by atoms with Crippen LogP contribution in [0.4, 0.5) is 0 Å². The molecule has 27 heavy (non-hydrogen) atoms. The Morgan fingerprint density at radius 2 is 1.96 bits per heavy atom. The smallest absolute Gasteiger partial charge is 0.291 e. The average molecular weight is 365 g/mol. The van der Waals surface area contributed by atoms with Gasteiger partial charge in [0.25, 0.3) is 11.7 Å². The molecule has 0 aromatic carbocycles. The van der Waals surface area contributed by atoms with Crippen LogP contribution in [0.25, 0.3) is 5.78 Å². The lowest BCUT2D eigenvalue weighted by Gasteiger charge is -2.32. The fourth-order valence-electron chi connectivity index (χ4n) is 3.39. The molecule has 1 saturated heterocycles. The van der Waals surface area contributed by atoms with Crippen molar-refractivity contribution >= 4 is 11.7 Å². The third-order valence-electron chi connectivity index (χ3n) is 5.02. The predicted octanol–water partition coefficient (Wildman–Crippen LogP) is 1.26. The number of rotatable bonds is 5. The van der Waals surface area contributed by atoms with E-state index in [0.29, 0.717) is 5.78 Å². The van der Waals surface area contributed by atoms with Crippen LogP contribution in [0.5, 0.6) is 0 Å². The van der Waals surface area contributed by atoms with Gasteiger partial charge in [0, 0.05) is 50.0 Å². The molecule has 0 bridgehead atoms. The van der Waals surface area contributed by atoms with Crippen LogP contribution >= 0.6 is 0 Å². The molecule has 140 valence electrons. The Morgan fingerprint density at radius 3 is 2.70 bits per heavy atom. The van der Waals surface area contributed by atoms with Crippen LogP contribution in [0, 0.1) is 6.92 Å². The summed E-state index contributed by atoms with van der Waals surface area (Å²) in [6, 6.07) is 6.12. The second-order valence-corrected chi connectivity index (χ2v) is 6.93. The predicted molar refractivity (Wildman–Crippen MR) is 100 cm³/mol. The van der Waals surface area contributed by atoms with Crippen molar-refractivity contribution in [3.63, 3.8) is 0 Å². The summed E-state index contributed by atoms with van der Waals surface area (Å²) in [5.41, 5.74) is 2.20. The van der Waals surface area contributed by atoms with Crippen molar-refractivity contribution in [2.75, 3.05) is 19.6 Å². The molecular formula is C19H23N7O. The molecule has 4 rings (SSSR count). The van der Waals surface area contributed by atoms with Gasteiger partial charge in [-0.2, -0.15) is 4.98 Å². The second-order valence-electron chi connectivity index (χ2n) is 6.93. The zero-order valence-electron chi connectivity index (χ0n) is 15.4. The lowest BCUT2D eigenvalue weighted by atomic mass is 10.0. The third-order valence-corrected chi connectivity index (χ3v) is 5.02. The number of aromatic nitrogens is 5. The monoisotopic (exact) mass is 365 g/mol. The van der Waals surface area contributed by atoms with Gasteiger partial charge >= 0.3 is 0 Å². The number of nitrogens with one attached hydrogen (secondary N) is 1. The Balaban J connectivity index is 1.28. The number of likely N-dealkylation sites (tertiary alicyclic amines) is 1. The van der Waals surface area contributed by atoms with Gasteiger partial charge in [0.1, 0.15) is 0 Å². The van der Waals surface area contributed by atoms with Gasteiger partial charge < -0.3 is 10.2 Å². The maximum Gasteiger partial charge on any atom is 0.291 e. The second kappa shape index (κ2) is 7.79. The van der Waals surface area contributed by atoms with E-state index in [-0.39, 0.29) is 17.8 Å². The summed E-state index contributed by atoms with van der Waals surface area (Å²) in [6.07, 6.45) is 8.24. The van der Waals surface area contributed by atoms with Crippen LogP contribution in [0.15, 0.2) is 36.8 Å². The molecule has 0 aliphatic carbocycles. The molecule has 0 atom stereocenters. The Morgan fingerprint density at radius 1 is 1.19 bits per heavy atom. The van der Waals surface area contributed by atoms with Gasteiger partial charge in [-0.3, -0.25) is 9.78 Å². The third kappa shape index (κ3) is 4.11. The average Bonchev–Trinajstić information content (AvgIpc) is 3.14. The maximum absolute atomic E-state index is 12.5. The minimum Gasteiger partial charge on any atom is -0.346 e. The van der Waals surface area contributed by atoms with E-state index in [0.717, 1.165) is 44.6 Å². The molecule has 1 aliphatic rings. The lowest BCUT2D eigenvalue weighted by Crippen LogP contribution is -2.45. The van der Waals surface area contributed by atoms with E-state index >= 15 is 0 Å². The van der Waals surface area contributed by atoms with Gasteiger partial charge in [-0.05, 0) is 49.9 Å². The van der Waals surface area contributed by atoms with E-state index in [4.69, 9.17) is 0 Å². The van der Waals surface area contributed by atoms with Crippen molar-refractivity contribution in [2.45, 2.75) is 32.2 Å². The highest BCUT2D eigenvalue weighted by Crippen LogP contribution is 2.12. The number of aryl methyl sites for hydroxylation is 1. The molecule has 8 nitrogen and oxygen atoms in total. The lowest BCUT2D eigenvalue weighted by molar-refractivity contribution is 0.0901. The zero-order valence-corrected chi connectivity index (χ0v) is 15.4. The molecule has 0 radical (unpaired) electrons. The molecular weight excluding hydrogens is 342 g/mol. The molecule has 0 spiro atoms. The van der Waals surface area contributed by atoms with E-state index in [1.807, 2.05) is 25.4 Å². The van der Waals surface area contributed by atoms with Crippen LogP contribution in [0.3, 0.4) is 0 Å². The topological polar surface area (TPSA) is 88.3 Å². The summed E-state index contributed by atoms with van der Waals surface area (Å²) in [7, 11) is 0. The quantitative estimate of drug-likeness (QED) is 0.732. The number of fused-ring (bicyclic) bond motifs is 1. The summed E-state index contributed by atoms with van der Waals surface area (Å²) in [4.78, 5) is 27.4. The molecule has 4 heterocycles. The molecule has 1 N–H and O–H groups in total. The number of hydrogen-bond acceptors (Lipinski definition) is 6. The first-order valence-electron chi connectivity index (χ1n) is 9.29. The number of piperidine rings is 1. The summed E-state index contributed by atoms with van der Waals surface area (Å²) in [5, 5.41) is 7.34. The summed E-state index contributed by atoms with van der Waals surface area (Å²) in [6.45, 7) is 4.90. The molecule has 0 unspecified atom stereocenters. The van der Waals surface area contributed by atoms with E-state index in [1.165, 1.54) is 5.56 Å². The molecule has 3 aromatic heterocycles. The minimum atomic E-state index is -0.227. The van der Waals surface area contributed by atoms with Crippen LogP contribution < -0.4 is 5.32 Å². The van der Waals surface area contributed by atoms with E-state index in [1.54, 1.807) is 10.7 Å². The van der Waals surface area contributed by atoms with Crippen molar-refractivity contribution in [3.8, 4) is 0 Å². The van der Waals surface area contributed by atoms with Gasteiger partial charge in [-0.25, -0.2) is 9.50 Å². The highest BCUT2D eigenvalue weighted by Gasteiger charge is 2.23. The molecule has 0 saturated carbocycles. The number of nitrogens with zero attached hydrogens (tertiary/aromatic N) is 6. The number of carbonyl (C=O) groups is 1. The number of hydrogen-bond donors (Lipinski definition) is 1. The van der Waals surface area contributed by atoms with Gasteiger partial charge in [-0.15, -0.1) is 5.10 Å². The molecule has 1 amide bonds. The number of carbonyl (C=O) groups excluding carboxylic acids is 1. The van der Waals surface area contributed by atoms with Crippen molar-refractivity contribution in [1.29, 1.82) is 0 Å². The Labute approximate surface area is 157 Å². The molecule has 8 heteroatoms. The zero-order chi connectivity index (χ0) is 18.6. The van der Waals surface area contributed by atoms with Gasteiger partial charge in [0.05, 0.1) is 0 Å². The first-order valence-corrected chi connectivity index (χ1v) is 9.29. The van der Waals surface area contributed by atoms with Crippen LogP contribution in [0.1, 0.15) is 34.7 Å².